The molecule has 0 aliphatic carbocycles. The molecule has 0 bridgehead atoms. The lowest BCUT2D eigenvalue weighted by Gasteiger charge is -2.22. The minimum absolute atomic E-state index is 0.00434. The van der Waals surface area contributed by atoms with Crippen molar-refractivity contribution in [2.45, 2.75) is 72.0 Å². The van der Waals surface area contributed by atoms with Crippen LogP contribution < -0.4 is 0 Å². The van der Waals surface area contributed by atoms with Gasteiger partial charge in [0, 0.05) is 13.0 Å². The van der Waals surface area contributed by atoms with Crippen LogP contribution in [0.1, 0.15) is 65.7 Å². The molecule has 1 rings (SSSR count). The summed E-state index contributed by atoms with van der Waals surface area (Å²) in [5.41, 5.74) is 2.62. The molecule has 1 unspecified atom stereocenters. The Hall–Kier alpha value is -0.930. The van der Waals surface area contributed by atoms with Gasteiger partial charge in [0.2, 0.25) is 0 Å². The zero-order valence-electron chi connectivity index (χ0n) is 13.8. The molecule has 120 valence electrons. The number of carbonyl (C=O) groups excluding carboxylic acids is 1. The maximum atomic E-state index is 10.9. The number of hydrogen-bond donors (Lipinski definition) is 0. The summed E-state index contributed by atoms with van der Waals surface area (Å²) in [6, 6.07) is 0. The molecule has 1 atom stereocenters. The summed E-state index contributed by atoms with van der Waals surface area (Å²) in [5.74, 6) is 0.261. The molecule has 0 spiro atoms. The van der Waals surface area contributed by atoms with Gasteiger partial charge in [-0.15, -0.1) is 0 Å². The minimum atomic E-state index is -0.00434. The lowest BCUT2D eigenvalue weighted by molar-refractivity contribution is -0.156. The van der Waals surface area contributed by atoms with Crippen molar-refractivity contribution < 1.29 is 14.3 Å². The largest absolute Gasteiger partial charge is 0.353 e. The van der Waals surface area contributed by atoms with Crippen LogP contribution in [0.2, 0.25) is 0 Å². The highest BCUT2D eigenvalue weighted by molar-refractivity contribution is 5.75. The molecule has 21 heavy (non-hydrogen) atoms. The Kier molecular flexibility index (Phi) is 9.27. The van der Waals surface area contributed by atoms with Gasteiger partial charge >= 0.3 is 0 Å². The summed E-state index contributed by atoms with van der Waals surface area (Å²) in [4.78, 5) is 10.9. The third-order valence-corrected chi connectivity index (χ3v) is 3.66. The van der Waals surface area contributed by atoms with Crippen molar-refractivity contribution in [1.82, 2.24) is 0 Å². The second-order valence-corrected chi connectivity index (χ2v) is 5.99. The average molecular weight is 294 g/mol. The normalized spacial score (nSPS) is 20.6. The van der Waals surface area contributed by atoms with Gasteiger partial charge in [-0.1, -0.05) is 23.3 Å². The predicted octanol–water partition coefficient (Wildman–Crippen LogP) is 4.57. The van der Waals surface area contributed by atoms with Crippen LogP contribution in [0.3, 0.4) is 0 Å². The Morgan fingerprint density at radius 3 is 2.48 bits per heavy atom. The molecule has 0 aromatic heterocycles. The van der Waals surface area contributed by atoms with E-state index in [2.05, 4.69) is 26.0 Å². The van der Waals surface area contributed by atoms with E-state index in [0.29, 0.717) is 13.0 Å². The topological polar surface area (TPSA) is 35.5 Å². The number of hydrogen-bond acceptors (Lipinski definition) is 3. The van der Waals surface area contributed by atoms with E-state index in [4.69, 9.17) is 9.47 Å². The van der Waals surface area contributed by atoms with Crippen LogP contribution in [0.5, 0.6) is 0 Å². The molecule has 0 aromatic rings. The first-order chi connectivity index (χ1) is 10.1. The van der Waals surface area contributed by atoms with E-state index >= 15 is 0 Å². The molecule has 1 fully saturated rings. The van der Waals surface area contributed by atoms with Gasteiger partial charge in [0.25, 0.3) is 0 Å². The molecule has 0 aromatic carbocycles. The predicted molar refractivity (Wildman–Crippen MR) is 86.2 cm³/mol. The Balaban J connectivity index is 2.14. The lowest BCUT2D eigenvalue weighted by Crippen LogP contribution is -2.22. The molecule has 3 nitrogen and oxygen atoms in total. The maximum Gasteiger partial charge on any atom is 0.158 e. The zero-order valence-corrected chi connectivity index (χ0v) is 13.8. The molecule has 1 heterocycles. The third-order valence-electron chi connectivity index (χ3n) is 3.66. The van der Waals surface area contributed by atoms with Crippen molar-refractivity contribution in [3.05, 3.63) is 23.3 Å². The third kappa shape index (κ3) is 9.59. The molecular formula is C18H30O3. The minimum Gasteiger partial charge on any atom is -0.353 e. The van der Waals surface area contributed by atoms with E-state index in [9.17, 15) is 4.79 Å². The van der Waals surface area contributed by atoms with Gasteiger partial charge in [-0.3, -0.25) is 0 Å². The van der Waals surface area contributed by atoms with Crippen molar-refractivity contribution in [3.63, 3.8) is 0 Å². The molecule has 0 saturated carbocycles. The van der Waals surface area contributed by atoms with Crippen LogP contribution >= 0.6 is 0 Å². The van der Waals surface area contributed by atoms with Crippen LogP contribution in [-0.4, -0.2) is 25.3 Å². The summed E-state index contributed by atoms with van der Waals surface area (Å²) >= 11 is 0. The molecule has 1 aliphatic heterocycles. The number of rotatable bonds is 9. The van der Waals surface area contributed by atoms with Gasteiger partial charge in [0.05, 0.1) is 6.61 Å². The first-order valence-corrected chi connectivity index (χ1v) is 8.12. The quantitative estimate of drug-likeness (QED) is 0.584. The first kappa shape index (κ1) is 18.1. The van der Waals surface area contributed by atoms with E-state index in [1.54, 1.807) is 6.92 Å². The smallest absolute Gasteiger partial charge is 0.158 e. The van der Waals surface area contributed by atoms with Crippen LogP contribution in [0.15, 0.2) is 23.3 Å². The van der Waals surface area contributed by atoms with E-state index in [-0.39, 0.29) is 12.1 Å². The van der Waals surface area contributed by atoms with Gasteiger partial charge in [-0.2, -0.15) is 0 Å². The Bertz CT molecular complexity index is 363. The van der Waals surface area contributed by atoms with Gasteiger partial charge in [0.15, 0.2) is 6.29 Å². The fourth-order valence-corrected chi connectivity index (χ4v) is 2.30. The summed E-state index contributed by atoms with van der Waals surface area (Å²) in [5, 5.41) is 0. The van der Waals surface area contributed by atoms with Crippen molar-refractivity contribution in [2.75, 3.05) is 13.2 Å². The number of Topliss-reactive ketones (excluding diaryl/α,β-unsaturated/α-hetero) is 1. The molecule has 1 saturated heterocycles. The molecule has 0 amide bonds. The summed E-state index contributed by atoms with van der Waals surface area (Å²) < 4.78 is 11.3. The van der Waals surface area contributed by atoms with Crippen molar-refractivity contribution >= 4 is 5.78 Å². The highest BCUT2D eigenvalue weighted by Gasteiger charge is 2.13. The molecule has 0 N–H and O–H groups in total. The van der Waals surface area contributed by atoms with Gasteiger partial charge in [-0.05, 0) is 59.3 Å². The van der Waals surface area contributed by atoms with Crippen molar-refractivity contribution in [2.24, 2.45) is 0 Å². The van der Waals surface area contributed by atoms with E-state index < -0.39 is 0 Å². The lowest BCUT2D eigenvalue weighted by atomic mass is 10.1. The summed E-state index contributed by atoms with van der Waals surface area (Å²) in [6.45, 7) is 7.38. The molecular weight excluding hydrogens is 264 g/mol. The molecule has 0 radical (unpaired) electrons. The number of allylic oxidation sites excluding steroid dienone is 3. The van der Waals surface area contributed by atoms with Gasteiger partial charge in [-0.25, -0.2) is 0 Å². The fraction of sp³-hybridized carbons (Fsp3) is 0.722. The number of carbonyl (C=O) groups is 1. The Labute approximate surface area is 129 Å². The number of ether oxygens (including phenoxy) is 2. The summed E-state index contributed by atoms with van der Waals surface area (Å²) in [7, 11) is 0. The monoisotopic (exact) mass is 294 g/mol. The highest BCUT2D eigenvalue weighted by Crippen LogP contribution is 2.15. The first-order valence-electron chi connectivity index (χ1n) is 8.12. The average Bonchev–Trinajstić information content (AvgIpc) is 2.46. The summed E-state index contributed by atoms with van der Waals surface area (Å²) in [6.07, 6.45) is 11.4. The highest BCUT2D eigenvalue weighted by atomic mass is 16.7. The van der Waals surface area contributed by atoms with E-state index in [1.807, 2.05) is 0 Å². The van der Waals surface area contributed by atoms with E-state index in [0.717, 1.165) is 38.7 Å². The van der Waals surface area contributed by atoms with Crippen LogP contribution in [0.4, 0.5) is 0 Å². The standard InChI is InChI=1S/C18H30O3/c1-15(9-7-11-17(3)19)8-6-10-16(2)14-21-18-12-4-5-13-20-18/h9-10,18H,4-8,11-14H2,1-3H3/b15-9+,16-10+. The Morgan fingerprint density at radius 2 is 1.81 bits per heavy atom. The number of ketones is 1. The van der Waals surface area contributed by atoms with Crippen LogP contribution in [-0.2, 0) is 14.3 Å². The van der Waals surface area contributed by atoms with Crippen LogP contribution in [0, 0.1) is 0 Å². The SMILES string of the molecule is CC(=O)CC/C=C(\C)CC/C=C(\C)COC1CCCCO1. The maximum absolute atomic E-state index is 10.9. The van der Waals surface area contributed by atoms with Gasteiger partial charge in [0.1, 0.15) is 5.78 Å². The van der Waals surface area contributed by atoms with Crippen molar-refractivity contribution in [3.8, 4) is 0 Å². The van der Waals surface area contributed by atoms with E-state index in [1.165, 1.54) is 17.6 Å². The van der Waals surface area contributed by atoms with Gasteiger partial charge < -0.3 is 14.3 Å². The van der Waals surface area contributed by atoms with Crippen molar-refractivity contribution in [1.29, 1.82) is 0 Å². The van der Waals surface area contributed by atoms with Crippen LogP contribution in [0.25, 0.3) is 0 Å². The second kappa shape index (κ2) is 10.7. The molecule has 1 aliphatic rings. The molecule has 3 heteroatoms. The second-order valence-electron chi connectivity index (χ2n) is 5.99. The fourth-order valence-electron chi connectivity index (χ4n) is 2.30. The Morgan fingerprint density at radius 1 is 1.10 bits per heavy atom. The zero-order chi connectivity index (χ0) is 15.5.